The number of carbonyl (C=O) groups is 1. The first kappa shape index (κ1) is 17.4. The molecule has 0 aliphatic carbocycles. The molecule has 0 radical (unpaired) electrons. The maximum Gasteiger partial charge on any atom is 0.319 e. The first-order valence-electron chi connectivity index (χ1n) is 7.10. The third-order valence-corrected chi connectivity index (χ3v) is 3.36. The molecule has 2 amide bonds. The molecule has 2 rings (SSSR count). The van der Waals surface area contributed by atoms with Crippen LogP contribution in [0, 0.1) is 22.9 Å². The normalized spacial score (nSPS) is 11.6. The van der Waals surface area contributed by atoms with Crippen LogP contribution < -0.4 is 10.6 Å². The maximum atomic E-state index is 13.1. The van der Waals surface area contributed by atoms with E-state index in [1.54, 1.807) is 13.0 Å². The van der Waals surface area contributed by atoms with E-state index in [-0.39, 0.29) is 12.2 Å². The molecule has 0 aliphatic heterocycles. The highest BCUT2D eigenvalue weighted by atomic mass is 19.1. The van der Waals surface area contributed by atoms with Gasteiger partial charge in [-0.15, -0.1) is 0 Å². The largest absolute Gasteiger partial charge is 0.387 e. The van der Waals surface area contributed by atoms with E-state index in [1.807, 2.05) is 0 Å². The predicted octanol–water partition coefficient (Wildman–Crippen LogP) is 2.90. The zero-order chi connectivity index (χ0) is 17.7. The number of aliphatic hydroxyl groups is 1. The molecule has 0 spiro atoms. The second kappa shape index (κ2) is 7.51. The number of halogens is 1. The molecule has 0 aliphatic rings. The molecule has 1 unspecified atom stereocenters. The Morgan fingerprint density at radius 3 is 2.71 bits per heavy atom. The zero-order valence-corrected chi connectivity index (χ0v) is 12.8. The van der Waals surface area contributed by atoms with Crippen LogP contribution in [0.25, 0.3) is 0 Å². The molecule has 24 heavy (non-hydrogen) atoms. The predicted molar refractivity (Wildman–Crippen MR) is 86.2 cm³/mol. The molecule has 7 nitrogen and oxygen atoms in total. The molecule has 8 heteroatoms. The number of nitro benzene ring substituents is 1. The lowest BCUT2D eigenvalue weighted by atomic mass is 10.1. The molecule has 2 aromatic carbocycles. The Morgan fingerprint density at radius 2 is 2.08 bits per heavy atom. The van der Waals surface area contributed by atoms with Crippen molar-refractivity contribution >= 4 is 17.4 Å². The molecule has 0 saturated heterocycles. The molecule has 0 saturated carbocycles. The van der Waals surface area contributed by atoms with E-state index < -0.39 is 22.9 Å². The lowest BCUT2D eigenvalue weighted by Gasteiger charge is -2.14. The summed E-state index contributed by atoms with van der Waals surface area (Å²) in [4.78, 5) is 22.0. The number of non-ortho nitro benzene ring substituents is 1. The number of hydrogen-bond donors (Lipinski definition) is 3. The number of benzene rings is 2. The van der Waals surface area contributed by atoms with Crippen molar-refractivity contribution < 1.29 is 19.2 Å². The minimum atomic E-state index is -1.05. The molecule has 0 fully saturated rings. The average molecular weight is 333 g/mol. The van der Waals surface area contributed by atoms with Crippen LogP contribution >= 0.6 is 0 Å². The number of nitro groups is 1. The van der Waals surface area contributed by atoms with Gasteiger partial charge in [0.15, 0.2) is 0 Å². The van der Waals surface area contributed by atoms with E-state index in [0.717, 1.165) is 0 Å². The lowest BCUT2D eigenvalue weighted by molar-refractivity contribution is -0.384. The lowest BCUT2D eigenvalue weighted by Crippen LogP contribution is -2.32. The van der Waals surface area contributed by atoms with Gasteiger partial charge in [0.25, 0.3) is 5.69 Å². The fourth-order valence-electron chi connectivity index (χ4n) is 2.09. The van der Waals surface area contributed by atoms with Crippen molar-refractivity contribution in [1.29, 1.82) is 0 Å². The van der Waals surface area contributed by atoms with Crippen LogP contribution in [0.4, 0.5) is 20.6 Å². The summed E-state index contributed by atoms with van der Waals surface area (Å²) in [7, 11) is 0. The Bertz CT molecular complexity index is 767. The minimum Gasteiger partial charge on any atom is -0.387 e. The minimum absolute atomic E-state index is 0.0695. The Labute approximate surface area is 137 Å². The van der Waals surface area contributed by atoms with Gasteiger partial charge in [0.05, 0.1) is 11.0 Å². The van der Waals surface area contributed by atoms with E-state index in [1.165, 1.54) is 36.4 Å². The van der Waals surface area contributed by atoms with Crippen LogP contribution in [0.1, 0.15) is 17.2 Å². The van der Waals surface area contributed by atoms with Crippen LogP contribution in [-0.2, 0) is 0 Å². The maximum absolute atomic E-state index is 13.1. The number of hydrogen-bond acceptors (Lipinski definition) is 4. The van der Waals surface area contributed by atoms with Crippen molar-refractivity contribution in [3.8, 4) is 0 Å². The molecule has 1 atom stereocenters. The standard InChI is InChI=1S/C16H16FN3O4/c1-10-7-13(20(23)24)5-6-14(10)19-16(22)18-9-15(21)11-3-2-4-12(17)8-11/h2-8,15,21H,9H2,1H3,(H2,18,19,22). The molecule has 126 valence electrons. The van der Waals surface area contributed by atoms with Crippen LogP contribution in [-0.4, -0.2) is 22.6 Å². The van der Waals surface area contributed by atoms with Gasteiger partial charge in [0.1, 0.15) is 5.82 Å². The Hall–Kier alpha value is -3.00. The first-order chi connectivity index (χ1) is 11.4. The smallest absolute Gasteiger partial charge is 0.319 e. The number of carbonyl (C=O) groups excluding carboxylic acids is 1. The quantitative estimate of drug-likeness (QED) is 0.578. The number of amides is 2. The summed E-state index contributed by atoms with van der Waals surface area (Å²) in [5.41, 5.74) is 1.23. The first-order valence-corrected chi connectivity index (χ1v) is 7.10. The van der Waals surface area contributed by atoms with Crippen LogP contribution in [0.3, 0.4) is 0 Å². The number of nitrogens with zero attached hydrogens (tertiary/aromatic N) is 1. The van der Waals surface area contributed by atoms with Crippen LogP contribution in [0.2, 0.25) is 0 Å². The number of rotatable bonds is 5. The van der Waals surface area contributed by atoms with Gasteiger partial charge < -0.3 is 15.7 Å². The van der Waals surface area contributed by atoms with Crippen LogP contribution in [0.15, 0.2) is 42.5 Å². The zero-order valence-electron chi connectivity index (χ0n) is 12.8. The van der Waals surface area contributed by atoms with E-state index in [0.29, 0.717) is 16.8 Å². The summed E-state index contributed by atoms with van der Waals surface area (Å²) < 4.78 is 13.1. The van der Waals surface area contributed by atoms with Gasteiger partial charge >= 0.3 is 6.03 Å². The van der Waals surface area contributed by atoms with Crippen LogP contribution in [0.5, 0.6) is 0 Å². The fourth-order valence-corrected chi connectivity index (χ4v) is 2.09. The summed E-state index contributed by atoms with van der Waals surface area (Å²) in [5, 5.41) is 25.6. The van der Waals surface area contributed by atoms with Gasteiger partial charge in [-0.1, -0.05) is 12.1 Å². The van der Waals surface area contributed by atoms with E-state index in [9.17, 15) is 24.4 Å². The van der Waals surface area contributed by atoms with E-state index in [4.69, 9.17) is 0 Å². The second-order valence-electron chi connectivity index (χ2n) is 5.16. The molecule has 0 bridgehead atoms. The molecule has 2 aromatic rings. The number of urea groups is 1. The summed E-state index contributed by atoms with van der Waals surface area (Å²) in [6.07, 6.45) is -1.05. The average Bonchev–Trinajstić information content (AvgIpc) is 2.54. The van der Waals surface area contributed by atoms with Gasteiger partial charge in [-0.2, -0.15) is 0 Å². The van der Waals surface area contributed by atoms with Gasteiger partial charge in [-0.25, -0.2) is 9.18 Å². The fraction of sp³-hybridized carbons (Fsp3) is 0.188. The van der Waals surface area contributed by atoms with Gasteiger partial charge in [-0.3, -0.25) is 10.1 Å². The second-order valence-corrected chi connectivity index (χ2v) is 5.16. The monoisotopic (exact) mass is 333 g/mol. The Balaban J connectivity index is 1.93. The number of aryl methyl sites for hydroxylation is 1. The van der Waals surface area contributed by atoms with Crippen molar-refractivity contribution in [2.45, 2.75) is 13.0 Å². The summed E-state index contributed by atoms with van der Waals surface area (Å²) in [5.74, 6) is -0.475. The third-order valence-electron chi connectivity index (χ3n) is 3.36. The molecular weight excluding hydrogens is 317 g/mol. The van der Waals surface area contributed by atoms with Crippen molar-refractivity contribution in [3.05, 3.63) is 69.5 Å². The van der Waals surface area contributed by atoms with Crippen molar-refractivity contribution in [3.63, 3.8) is 0 Å². The molecule has 0 aromatic heterocycles. The Morgan fingerprint density at radius 1 is 1.33 bits per heavy atom. The number of aliphatic hydroxyl groups excluding tert-OH is 1. The van der Waals surface area contributed by atoms with Gasteiger partial charge in [-0.05, 0) is 36.2 Å². The highest BCUT2D eigenvalue weighted by molar-refractivity contribution is 5.90. The van der Waals surface area contributed by atoms with E-state index in [2.05, 4.69) is 10.6 Å². The Kier molecular flexibility index (Phi) is 5.43. The van der Waals surface area contributed by atoms with E-state index >= 15 is 0 Å². The molecule has 0 heterocycles. The van der Waals surface area contributed by atoms with Crippen molar-refractivity contribution in [2.24, 2.45) is 0 Å². The van der Waals surface area contributed by atoms with Gasteiger partial charge in [0.2, 0.25) is 0 Å². The summed E-state index contributed by atoms with van der Waals surface area (Å²) in [6.45, 7) is 1.52. The number of nitrogens with one attached hydrogen (secondary N) is 2. The van der Waals surface area contributed by atoms with Crippen molar-refractivity contribution in [1.82, 2.24) is 5.32 Å². The molecular formula is C16H16FN3O4. The SMILES string of the molecule is Cc1cc([N+](=O)[O-])ccc1NC(=O)NCC(O)c1cccc(F)c1. The topological polar surface area (TPSA) is 105 Å². The highest BCUT2D eigenvalue weighted by Crippen LogP contribution is 2.21. The van der Waals surface area contributed by atoms with Crippen molar-refractivity contribution in [2.75, 3.05) is 11.9 Å². The highest BCUT2D eigenvalue weighted by Gasteiger charge is 2.12. The summed E-state index contributed by atoms with van der Waals surface area (Å²) in [6, 6.07) is 8.93. The van der Waals surface area contributed by atoms with Gasteiger partial charge in [0, 0.05) is 24.4 Å². The summed E-state index contributed by atoms with van der Waals surface area (Å²) >= 11 is 0. The number of anilines is 1. The molecule has 3 N–H and O–H groups in total. The third kappa shape index (κ3) is 4.50.